The Morgan fingerprint density at radius 3 is 2.17 bits per heavy atom. The van der Waals surface area contributed by atoms with Crippen molar-refractivity contribution in [2.45, 2.75) is 90.6 Å². The second kappa shape index (κ2) is 13.9. The number of esters is 1. The van der Waals surface area contributed by atoms with Crippen LogP contribution in [0.4, 0.5) is 4.39 Å². The van der Waals surface area contributed by atoms with Crippen LogP contribution in [0, 0.1) is 0 Å². The molecule has 0 saturated heterocycles. The van der Waals surface area contributed by atoms with E-state index in [4.69, 9.17) is 9.72 Å². The molecule has 0 spiro atoms. The van der Waals surface area contributed by atoms with Crippen molar-refractivity contribution in [2.24, 2.45) is 0 Å². The van der Waals surface area contributed by atoms with E-state index in [1.165, 1.54) is 51.0 Å². The van der Waals surface area contributed by atoms with Gasteiger partial charge in [-0.3, -0.25) is 4.98 Å². The first-order valence-electron chi connectivity index (χ1n) is 13.5. The van der Waals surface area contributed by atoms with E-state index in [1.807, 2.05) is 37.4 Å². The number of aryl methyl sites for hydroxylation is 1. The van der Waals surface area contributed by atoms with E-state index in [2.05, 4.69) is 31.2 Å². The standard InChI is InChI=1S/C32H40FNO2/c1-4-6-8-9-10-11-14-25-17-22-30(34-24-25)29-16-13-12-15-28(29)26-18-20-27(21-19-26)36-31(35)32(3,33)23-7-5-2/h12-13,15-22,24H,4-11,14,23H2,1-3H3. The number of unbranched alkanes of at least 4 members (excludes halogenated alkanes) is 6. The van der Waals surface area contributed by atoms with Crippen molar-refractivity contribution in [1.82, 2.24) is 4.98 Å². The zero-order valence-corrected chi connectivity index (χ0v) is 22.1. The summed E-state index contributed by atoms with van der Waals surface area (Å²) < 4.78 is 19.9. The Morgan fingerprint density at radius 2 is 1.50 bits per heavy atom. The monoisotopic (exact) mass is 489 g/mol. The number of benzene rings is 2. The summed E-state index contributed by atoms with van der Waals surface area (Å²) >= 11 is 0. The smallest absolute Gasteiger partial charge is 0.348 e. The Hall–Kier alpha value is -3.01. The van der Waals surface area contributed by atoms with E-state index in [1.54, 1.807) is 12.1 Å². The fraction of sp³-hybridized carbons (Fsp3) is 0.438. The summed E-state index contributed by atoms with van der Waals surface area (Å²) in [6.45, 7) is 5.51. The molecule has 36 heavy (non-hydrogen) atoms. The molecule has 1 atom stereocenters. The minimum absolute atomic E-state index is 0.165. The molecule has 192 valence electrons. The largest absolute Gasteiger partial charge is 0.424 e. The van der Waals surface area contributed by atoms with Gasteiger partial charge in [0.2, 0.25) is 5.67 Å². The first-order chi connectivity index (χ1) is 17.4. The lowest BCUT2D eigenvalue weighted by atomic mass is 9.97. The molecule has 0 amide bonds. The van der Waals surface area contributed by atoms with Gasteiger partial charge in [-0.1, -0.05) is 94.8 Å². The molecule has 4 heteroatoms. The normalized spacial score (nSPS) is 12.8. The van der Waals surface area contributed by atoms with E-state index < -0.39 is 11.6 Å². The number of alkyl halides is 1. The summed E-state index contributed by atoms with van der Waals surface area (Å²) in [7, 11) is 0. The van der Waals surface area contributed by atoms with Crippen LogP contribution in [0.5, 0.6) is 5.75 Å². The average Bonchev–Trinajstić information content (AvgIpc) is 2.90. The Morgan fingerprint density at radius 1 is 0.833 bits per heavy atom. The lowest BCUT2D eigenvalue weighted by Gasteiger charge is -2.18. The highest BCUT2D eigenvalue weighted by Crippen LogP contribution is 2.32. The van der Waals surface area contributed by atoms with Crippen molar-refractivity contribution < 1.29 is 13.9 Å². The molecule has 0 radical (unpaired) electrons. The van der Waals surface area contributed by atoms with Gasteiger partial charge in [-0.05, 0) is 67.5 Å². The van der Waals surface area contributed by atoms with Crippen molar-refractivity contribution in [2.75, 3.05) is 0 Å². The Labute approximate surface area is 216 Å². The van der Waals surface area contributed by atoms with Gasteiger partial charge in [-0.15, -0.1) is 0 Å². The molecular weight excluding hydrogens is 449 g/mol. The zero-order valence-electron chi connectivity index (χ0n) is 22.1. The van der Waals surface area contributed by atoms with Gasteiger partial charge in [0.05, 0.1) is 5.69 Å². The van der Waals surface area contributed by atoms with Gasteiger partial charge in [-0.2, -0.15) is 0 Å². The van der Waals surface area contributed by atoms with E-state index in [0.29, 0.717) is 12.2 Å². The molecule has 3 nitrogen and oxygen atoms in total. The van der Waals surface area contributed by atoms with Gasteiger partial charge < -0.3 is 4.74 Å². The van der Waals surface area contributed by atoms with E-state index >= 15 is 0 Å². The van der Waals surface area contributed by atoms with Gasteiger partial charge in [0.15, 0.2) is 0 Å². The highest BCUT2D eigenvalue weighted by molar-refractivity contribution is 5.83. The molecule has 3 aromatic rings. The zero-order chi connectivity index (χ0) is 25.8. The van der Waals surface area contributed by atoms with Gasteiger partial charge in [0, 0.05) is 11.8 Å². The fourth-order valence-electron chi connectivity index (χ4n) is 4.33. The molecule has 0 aliphatic rings. The van der Waals surface area contributed by atoms with E-state index in [0.717, 1.165) is 35.2 Å². The topological polar surface area (TPSA) is 39.2 Å². The number of nitrogens with zero attached hydrogens (tertiary/aromatic N) is 1. The minimum Gasteiger partial charge on any atom is -0.424 e. The summed E-state index contributed by atoms with van der Waals surface area (Å²) in [5.41, 5.74) is 3.30. The SMILES string of the molecule is CCCCCCCCc1ccc(-c2ccccc2-c2ccc(OC(=O)C(C)(F)CCCC)cc2)nc1. The van der Waals surface area contributed by atoms with Crippen LogP contribution in [0.2, 0.25) is 0 Å². The lowest BCUT2D eigenvalue weighted by Crippen LogP contribution is -2.34. The summed E-state index contributed by atoms with van der Waals surface area (Å²) in [6, 6.07) is 19.7. The van der Waals surface area contributed by atoms with Crippen molar-refractivity contribution in [3.05, 3.63) is 72.4 Å². The summed E-state index contributed by atoms with van der Waals surface area (Å²) in [6.07, 6.45) is 12.4. The predicted molar refractivity (Wildman–Crippen MR) is 147 cm³/mol. The highest BCUT2D eigenvalue weighted by atomic mass is 19.1. The van der Waals surface area contributed by atoms with Crippen LogP contribution >= 0.6 is 0 Å². The number of halogens is 1. The molecule has 2 aromatic carbocycles. The highest BCUT2D eigenvalue weighted by Gasteiger charge is 2.34. The van der Waals surface area contributed by atoms with Crippen LogP contribution in [-0.2, 0) is 11.2 Å². The van der Waals surface area contributed by atoms with Crippen LogP contribution in [0.15, 0.2) is 66.9 Å². The Balaban J connectivity index is 1.66. The third kappa shape index (κ3) is 8.01. The molecule has 0 bridgehead atoms. The lowest BCUT2D eigenvalue weighted by molar-refractivity contribution is -0.147. The average molecular weight is 490 g/mol. The number of carbonyl (C=O) groups excluding carboxylic acids is 1. The maximum Gasteiger partial charge on any atom is 0.348 e. The molecule has 0 aliphatic heterocycles. The van der Waals surface area contributed by atoms with Crippen LogP contribution in [0.25, 0.3) is 22.4 Å². The Kier molecular flexibility index (Phi) is 10.7. The maximum absolute atomic E-state index is 14.6. The van der Waals surface area contributed by atoms with Crippen LogP contribution in [-0.4, -0.2) is 16.6 Å². The van der Waals surface area contributed by atoms with Crippen LogP contribution in [0.1, 0.15) is 84.1 Å². The quantitative estimate of drug-likeness (QED) is 0.129. The molecule has 0 saturated carbocycles. The molecule has 3 rings (SSSR count). The molecule has 0 fully saturated rings. The van der Waals surface area contributed by atoms with E-state index in [-0.39, 0.29) is 6.42 Å². The third-order valence-electron chi connectivity index (χ3n) is 6.65. The van der Waals surface area contributed by atoms with Crippen molar-refractivity contribution in [3.63, 3.8) is 0 Å². The second-order valence-corrected chi connectivity index (χ2v) is 9.83. The van der Waals surface area contributed by atoms with Crippen molar-refractivity contribution in [3.8, 4) is 28.1 Å². The Bertz CT molecular complexity index is 1070. The van der Waals surface area contributed by atoms with Crippen LogP contribution < -0.4 is 4.74 Å². The third-order valence-corrected chi connectivity index (χ3v) is 6.65. The van der Waals surface area contributed by atoms with Crippen LogP contribution in [0.3, 0.4) is 0 Å². The number of hydrogen-bond acceptors (Lipinski definition) is 3. The second-order valence-electron chi connectivity index (χ2n) is 9.83. The molecule has 1 aromatic heterocycles. The van der Waals surface area contributed by atoms with Crippen molar-refractivity contribution >= 4 is 5.97 Å². The molecule has 1 heterocycles. The number of carbonyl (C=O) groups is 1. The fourth-order valence-corrected chi connectivity index (χ4v) is 4.33. The minimum atomic E-state index is -1.98. The van der Waals surface area contributed by atoms with E-state index in [9.17, 15) is 9.18 Å². The predicted octanol–water partition coefficient (Wildman–Crippen LogP) is 9.14. The van der Waals surface area contributed by atoms with Gasteiger partial charge in [0.1, 0.15) is 5.75 Å². The molecule has 1 unspecified atom stereocenters. The number of hydrogen-bond donors (Lipinski definition) is 0. The number of aromatic nitrogens is 1. The molecule has 0 N–H and O–H groups in total. The van der Waals surface area contributed by atoms with Gasteiger partial charge in [-0.25, -0.2) is 9.18 Å². The number of rotatable bonds is 14. The first-order valence-corrected chi connectivity index (χ1v) is 13.5. The summed E-state index contributed by atoms with van der Waals surface area (Å²) in [5, 5.41) is 0. The van der Waals surface area contributed by atoms with Crippen molar-refractivity contribution in [1.29, 1.82) is 0 Å². The maximum atomic E-state index is 14.6. The molecule has 0 aliphatic carbocycles. The summed E-state index contributed by atoms with van der Waals surface area (Å²) in [4.78, 5) is 17.0. The van der Waals surface area contributed by atoms with Gasteiger partial charge >= 0.3 is 5.97 Å². The summed E-state index contributed by atoms with van der Waals surface area (Å²) in [5.74, 6) is -0.492. The molecular formula is C32H40FNO2. The van der Waals surface area contributed by atoms with Gasteiger partial charge in [0.25, 0.3) is 0 Å². The number of ether oxygens (including phenoxy) is 1. The number of pyridine rings is 1. The first kappa shape index (κ1) is 27.6.